The van der Waals surface area contributed by atoms with E-state index in [4.69, 9.17) is 0 Å². The molecule has 64 valence electrons. The smallest absolute Gasteiger partial charge is 0.136 e. The Morgan fingerprint density at radius 1 is 1.27 bits per heavy atom. The normalized spacial score (nSPS) is 27.2. The van der Waals surface area contributed by atoms with Crippen LogP contribution in [0.2, 0.25) is 0 Å². The maximum atomic E-state index is 11.5. The van der Waals surface area contributed by atoms with Gasteiger partial charge in [-0.2, -0.15) is 0 Å². The van der Waals surface area contributed by atoms with Crippen LogP contribution in [0.4, 0.5) is 0 Å². The van der Waals surface area contributed by atoms with Crippen LogP contribution in [-0.4, -0.2) is 5.78 Å². The minimum Gasteiger partial charge on any atom is -0.299 e. The lowest BCUT2D eigenvalue weighted by Crippen LogP contribution is -2.18. The van der Waals surface area contributed by atoms with E-state index in [2.05, 4.69) is 13.8 Å². The number of rotatable bonds is 1. The summed E-state index contributed by atoms with van der Waals surface area (Å²) in [6.07, 6.45) is 5.62. The molecule has 0 N–H and O–H groups in total. The molecule has 0 aromatic carbocycles. The molecule has 0 amide bonds. The molecule has 1 nitrogen and oxygen atoms in total. The number of hydrogen-bond acceptors (Lipinski definition) is 1. The van der Waals surface area contributed by atoms with Crippen LogP contribution in [0.1, 0.15) is 46.0 Å². The highest BCUT2D eigenvalue weighted by atomic mass is 16.1. The van der Waals surface area contributed by atoms with Crippen LogP contribution in [0.5, 0.6) is 0 Å². The fourth-order valence-electron chi connectivity index (χ4n) is 1.89. The lowest BCUT2D eigenvalue weighted by molar-refractivity contribution is -0.123. The predicted molar refractivity (Wildman–Crippen MR) is 46.4 cm³/mol. The molecule has 1 fully saturated rings. The van der Waals surface area contributed by atoms with Crippen molar-refractivity contribution in [1.29, 1.82) is 0 Å². The third-order valence-electron chi connectivity index (χ3n) is 2.66. The van der Waals surface area contributed by atoms with E-state index in [-0.39, 0.29) is 0 Å². The SMILES string of the molecule is CC(C)[C@@H]1CCCCCC1=O. The van der Waals surface area contributed by atoms with E-state index >= 15 is 0 Å². The Bertz CT molecular complexity index is 138. The number of hydrogen-bond donors (Lipinski definition) is 0. The van der Waals surface area contributed by atoms with Crippen LogP contribution >= 0.6 is 0 Å². The highest BCUT2D eigenvalue weighted by Crippen LogP contribution is 2.25. The number of carbonyl (C=O) groups excluding carboxylic acids is 1. The molecular formula is C10H18O. The van der Waals surface area contributed by atoms with E-state index in [0.717, 1.165) is 19.3 Å². The van der Waals surface area contributed by atoms with Gasteiger partial charge in [0.1, 0.15) is 5.78 Å². The van der Waals surface area contributed by atoms with Gasteiger partial charge in [-0.25, -0.2) is 0 Å². The Kier molecular flexibility index (Phi) is 3.10. The molecule has 1 heteroatoms. The van der Waals surface area contributed by atoms with Crippen molar-refractivity contribution >= 4 is 5.78 Å². The number of carbonyl (C=O) groups is 1. The zero-order valence-electron chi connectivity index (χ0n) is 7.60. The lowest BCUT2D eigenvalue weighted by Gasteiger charge is -2.16. The van der Waals surface area contributed by atoms with Crippen molar-refractivity contribution in [1.82, 2.24) is 0 Å². The molecule has 0 unspecified atom stereocenters. The van der Waals surface area contributed by atoms with Crippen LogP contribution < -0.4 is 0 Å². The van der Waals surface area contributed by atoms with Crippen molar-refractivity contribution in [2.24, 2.45) is 11.8 Å². The molecule has 1 aliphatic rings. The molecule has 1 rings (SSSR count). The maximum absolute atomic E-state index is 11.5. The van der Waals surface area contributed by atoms with Crippen molar-refractivity contribution in [2.45, 2.75) is 46.0 Å². The van der Waals surface area contributed by atoms with E-state index in [1.807, 2.05) is 0 Å². The van der Waals surface area contributed by atoms with E-state index in [0.29, 0.717) is 17.6 Å². The van der Waals surface area contributed by atoms with Gasteiger partial charge in [0, 0.05) is 12.3 Å². The van der Waals surface area contributed by atoms with E-state index in [1.54, 1.807) is 0 Å². The first-order valence-electron chi connectivity index (χ1n) is 4.74. The van der Waals surface area contributed by atoms with Crippen LogP contribution in [0, 0.1) is 11.8 Å². The first kappa shape index (κ1) is 8.76. The first-order chi connectivity index (χ1) is 5.22. The highest BCUT2D eigenvalue weighted by molar-refractivity contribution is 5.81. The van der Waals surface area contributed by atoms with Crippen molar-refractivity contribution in [3.63, 3.8) is 0 Å². The van der Waals surface area contributed by atoms with Crippen LogP contribution in [0.3, 0.4) is 0 Å². The quantitative estimate of drug-likeness (QED) is 0.531. The molecule has 1 aliphatic carbocycles. The summed E-state index contributed by atoms with van der Waals surface area (Å²) >= 11 is 0. The van der Waals surface area contributed by atoms with Gasteiger partial charge in [-0.3, -0.25) is 4.79 Å². The monoisotopic (exact) mass is 154 g/mol. The van der Waals surface area contributed by atoms with Gasteiger partial charge in [-0.15, -0.1) is 0 Å². The molecule has 11 heavy (non-hydrogen) atoms. The van der Waals surface area contributed by atoms with E-state index in [1.165, 1.54) is 12.8 Å². The summed E-state index contributed by atoms with van der Waals surface area (Å²) in [4.78, 5) is 11.5. The van der Waals surface area contributed by atoms with Crippen LogP contribution in [-0.2, 0) is 4.79 Å². The summed E-state index contributed by atoms with van der Waals surface area (Å²) in [5, 5.41) is 0. The fourth-order valence-corrected chi connectivity index (χ4v) is 1.89. The summed E-state index contributed by atoms with van der Waals surface area (Å²) in [6.45, 7) is 4.32. The predicted octanol–water partition coefficient (Wildman–Crippen LogP) is 2.79. The van der Waals surface area contributed by atoms with Crippen LogP contribution in [0.25, 0.3) is 0 Å². The topological polar surface area (TPSA) is 17.1 Å². The Hall–Kier alpha value is -0.330. The van der Waals surface area contributed by atoms with Gasteiger partial charge < -0.3 is 0 Å². The molecule has 0 saturated heterocycles. The second-order valence-corrected chi connectivity index (χ2v) is 3.92. The second kappa shape index (κ2) is 3.89. The lowest BCUT2D eigenvalue weighted by atomic mass is 9.88. The molecule has 0 spiro atoms. The summed E-state index contributed by atoms with van der Waals surface area (Å²) < 4.78 is 0. The molecule has 0 aromatic heterocycles. The Morgan fingerprint density at radius 3 is 2.64 bits per heavy atom. The Morgan fingerprint density at radius 2 is 2.00 bits per heavy atom. The average molecular weight is 154 g/mol. The maximum Gasteiger partial charge on any atom is 0.136 e. The van der Waals surface area contributed by atoms with Gasteiger partial charge >= 0.3 is 0 Å². The largest absolute Gasteiger partial charge is 0.299 e. The molecule has 0 aliphatic heterocycles. The fraction of sp³-hybridized carbons (Fsp3) is 0.900. The molecule has 0 heterocycles. The summed E-state index contributed by atoms with van der Waals surface area (Å²) in [5.41, 5.74) is 0. The zero-order valence-corrected chi connectivity index (χ0v) is 7.60. The standard InChI is InChI=1S/C10H18O/c1-8(2)9-6-4-3-5-7-10(9)11/h8-9H,3-7H2,1-2H3/t9-/m0/s1. The molecular weight excluding hydrogens is 136 g/mol. The molecule has 1 atom stereocenters. The minimum absolute atomic E-state index is 0.373. The van der Waals surface area contributed by atoms with Crippen LogP contribution in [0.15, 0.2) is 0 Å². The molecule has 1 saturated carbocycles. The van der Waals surface area contributed by atoms with Gasteiger partial charge in [0.15, 0.2) is 0 Å². The van der Waals surface area contributed by atoms with Gasteiger partial charge in [0.05, 0.1) is 0 Å². The van der Waals surface area contributed by atoms with Crippen molar-refractivity contribution in [3.8, 4) is 0 Å². The summed E-state index contributed by atoms with van der Waals surface area (Å²) in [5.74, 6) is 1.44. The second-order valence-electron chi connectivity index (χ2n) is 3.92. The van der Waals surface area contributed by atoms with Gasteiger partial charge in [-0.05, 0) is 18.8 Å². The van der Waals surface area contributed by atoms with E-state index in [9.17, 15) is 4.79 Å². The number of ketones is 1. The van der Waals surface area contributed by atoms with Gasteiger partial charge in [-0.1, -0.05) is 26.7 Å². The van der Waals surface area contributed by atoms with Crippen molar-refractivity contribution in [3.05, 3.63) is 0 Å². The minimum atomic E-state index is 0.373. The van der Waals surface area contributed by atoms with E-state index < -0.39 is 0 Å². The molecule has 0 aromatic rings. The van der Waals surface area contributed by atoms with Gasteiger partial charge in [0.2, 0.25) is 0 Å². The van der Waals surface area contributed by atoms with Crippen molar-refractivity contribution < 1.29 is 4.79 Å². The number of Topliss-reactive ketones (excluding diaryl/α,β-unsaturated/α-hetero) is 1. The third-order valence-corrected chi connectivity index (χ3v) is 2.66. The Balaban J connectivity index is 2.52. The molecule has 0 bridgehead atoms. The molecule has 0 radical (unpaired) electrons. The highest BCUT2D eigenvalue weighted by Gasteiger charge is 2.22. The summed E-state index contributed by atoms with van der Waals surface area (Å²) in [6, 6.07) is 0. The van der Waals surface area contributed by atoms with Crippen molar-refractivity contribution in [2.75, 3.05) is 0 Å². The third kappa shape index (κ3) is 2.32. The van der Waals surface area contributed by atoms with Gasteiger partial charge in [0.25, 0.3) is 0 Å². The zero-order chi connectivity index (χ0) is 8.27. The average Bonchev–Trinajstić information content (AvgIpc) is 2.13. The summed E-state index contributed by atoms with van der Waals surface area (Å²) in [7, 11) is 0. The first-order valence-corrected chi connectivity index (χ1v) is 4.74. The Labute approximate surface area is 69.2 Å².